The van der Waals surface area contributed by atoms with E-state index in [-0.39, 0.29) is 36.5 Å². The van der Waals surface area contributed by atoms with Gasteiger partial charge in [0.2, 0.25) is 0 Å². The van der Waals surface area contributed by atoms with Crippen molar-refractivity contribution in [1.29, 1.82) is 0 Å². The van der Waals surface area contributed by atoms with Gasteiger partial charge in [-0.2, -0.15) is 0 Å². The second kappa shape index (κ2) is 22.6. The minimum absolute atomic E-state index is 0.00116. The minimum Gasteiger partial charge on any atom is -0.497 e. The molecule has 10 heteroatoms. The number of hydrogen-bond acceptors (Lipinski definition) is 10. The van der Waals surface area contributed by atoms with Gasteiger partial charge in [-0.3, -0.25) is 14.4 Å². The largest absolute Gasteiger partial charge is 0.497 e. The molecule has 0 saturated carbocycles. The van der Waals surface area contributed by atoms with E-state index < -0.39 is 5.97 Å². The number of rotatable bonds is 18. The third-order valence-electron chi connectivity index (χ3n) is 11.9. The van der Waals surface area contributed by atoms with E-state index in [4.69, 9.17) is 28.4 Å². The van der Waals surface area contributed by atoms with Crippen molar-refractivity contribution in [3.63, 3.8) is 0 Å². The van der Waals surface area contributed by atoms with E-state index in [9.17, 15) is 19.2 Å². The lowest BCUT2D eigenvalue weighted by Gasteiger charge is -2.17. The molecule has 0 heterocycles. The van der Waals surface area contributed by atoms with Crippen molar-refractivity contribution in [1.82, 2.24) is 0 Å². The van der Waals surface area contributed by atoms with Crippen LogP contribution in [0.3, 0.4) is 0 Å². The van der Waals surface area contributed by atoms with E-state index in [1.807, 2.05) is 105 Å². The van der Waals surface area contributed by atoms with Crippen molar-refractivity contribution in [2.75, 3.05) is 7.11 Å². The summed E-state index contributed by atoms with van der Waals surface area (Å²) in [6.07, 6.45) is 0.941. The third kappa shape index (κ3) is 13.3. The molecule has 356 valence electrons. The number of benzene rings is 8. The van der Waals surface area contributed by atoms with Crippen molar-refractivity contribution < 1.29 is 47.6 Å². The lowest BCUT2D eigenvalue weighted by molar-refractivity contribution is -0.134. The summed E-state index contributed by atoms with van der Waals surface area (Å²) >= 11 is 0. The number of carbonyl (C=O) groups excluding carboxylic acids is 4. The zero-order valence-electron chi connectivity index (χ0n) is 40.1. The van der Waals surface area contributed by atoms with E-state index in [2.05, 4.69) is 6.92 Å². The maximum Gasteiger partial charge on any atom is 0.343 e. The highest BCUT2D eigenvalue weighted by Crippen LogP contribution is 2.32. The molecule has 1 unspecified atom stereocenters. The first kappa shape index (κ1) is 48.7. The standard InChI is InChI=1S/C61H52O10/c1-39-34-49(18-32-57(39)70-60(64)38-46-12-24-52(25-13-46)67-54-28-14-47(15-29-54)42(4)62)41(3)50-19-33-58(40(2)35-50)71-61(65)48-16-30-55(31-17-48)68-53-22-10-45(11-23-53)37-59(63)69-56-26-8-44(9-27-56)36-43-6-20-51(66-5)21-7-43/h6-35,41H,36-38H2,1-5H3. The fourth-order valence-electron chi connectivity index (χ4n) is 7.82. The Labute approximate surface area is 413 Å². The van der Waals surface area contributed by atoms with E-state index in [1.54, 1.807) is 98.1 Å². The maximum absolute atomic E-state index is 13.2. The molecule has 8 rings (SSSR count). The first-order chi connectivity index (χ1) is 34.3. The highest BCUT2D eigenvalue weighted by atomic mass is 16.5. The molecular formula is C61H52O10. The quantitative estimate of drug-likeness (QED) is 0.0466. The molecule has 0 bridgehead atoms. The molecular weight excluding hydrogens is 893 g/mol. The summed E-state index contributed by atoms with van der Waals surface area (Å²) in [6.45, 7) is 7.42. The topological polar surface area (TPSA) is 124 Å². The number of aryl methyl sites for hydroxylation is 2. The summed E-state index contributed by atoms with van der Waals surface area (Å²) in [4.78, 5) is 50.4. The number of methoxy groups -OCH3 is 1. The first-order valence-electron chi connectivity index (χ1n) is 23.2. The van der Waals surface area contributed by atoms with E-state index in [0.29, 0.717) is 51.4 Å². The Balaban J connectivity index is 0.777. The van der Waals surface area contributed by atoms with Crippen molar-refractivity contribution in [2.45, 2.75) is 52.9 Å². The summed E-state index contributed by atoms with van der Waals surface area (Å²) < 4.78 is 34.3. The summed E-state index contributed by atoms with van der Waals surface area (Å²) in [6, 6.07) is 55.0. The number of esters is 3. The number of carbonyl (C=O) groups is 4. The number of ether oxygens (including phenoxy) is 6. The first-order valence-corrected chi connectivity index (χ1v) is 23.2. The molecule has 0 aliphatic heterocycles. The van der Waals surface area contributed by atoms with Crippen molar-refractivity contribution in [2.24, 2.45) is 0 Å². The molecule has 0 N–H and O–H groups in total. The van der Waals surface area contributed by atoms with Crippen LogP contribution in [0.15, 0.2) is 182 Å². The van der Waals surface area contributed by atoms with Gasteiger partial charge < -0.3 is 28.4 Å². The Morgan fingerprint density at radius 2 is 0.803 bits per heavy atom. The molecule has 0 aliphatic rings. The van der Waals surface area contributed by atoms with Gasteiger partial charge in [0.1, 0.15) is 46.0 Å². The number of Topliss-reactive ketones (excluding diaryl/α,β-unsaturated/α-hetero) is 1. The lowest BCUT2D eigenvalue weighted by atomic mass is 9.91. The molecule has 0 spiro atoms. The van der Waals surface area contributed by atoms with E-state index in [1.165, 1.54) is 6.92 Å². The zero-order valence-corrected chi connectivity index (χ0v) is 40.1. The van der Waals surface area contributed by atoms with Gasteiger partial charge in [-0.15, -0.1) is 0 Å². The molecule has 71 heavy (non-hydrogen) atoms. The third-order valence-corrected chi connectivity index (χ3v) is 11.9. The smallest absolute Gasteiger partial charge is 0.343 e. The van der Waals surface area contributed by atoms with Crippen molar-refractivity contribution in [3.05, 3.63) is 238 Å². The van der Waals surface area contributed by atoms with Gasteiger partial charge in [-0.25, -0.2) is 4.79 Å². The van der Waals surface area contributed by atoms with Crippen LogP contribution < -0.4 is 28.4 Å². The molecule has 8 aromatic rings. The normalized spacial score (nSPS) is 11.2. The summed E-state index contributed by atoms with van der Waals surface area (Å²) in [7, 11) is 1.64. The van der Waals surface area contributed by atoms with E-state index in [0.717, 1.165) is 56.7 Å². The molecule has 0 saturated heterocycles. The zero-order chi connectivity index (χ0) is 49.9. The van der Waals surface area contributed by atoms with Crippen LogP contribution in [0.1, 0.15) is 85.0 Å². The van der Waals surface area contributed by atoms with Crippen LogP contribution in [0.2, 0.25) is 0 Å². The molecule has 8 aromatic carbocycles. The van der Waals surface area contributed by atoms with Gasteiger partial charge in [0.25, 0.3) is 0 Å². The fourth-order valence-corrected chi connectivity index (χ4v) is 7.82. The van der Waals surface area contributed by atoms with Gasteiger partial charge in [-0.1, -0.05) is 79.7 Å². The monoisotopic (exact) mass is 944 g/mol. The van der Waals surface area contributed by atoms with Crippen LogP contribution in [0.5, 0.6) is 46.0 Å². The highest BCUT2D eigenvalue weighted by molar-refractivity contribution is 5.94. The van der Waals surface area contributed by atoms with Crippen molar-refractivity contribution >= 4 is 23.7 Å². The Hall–Kier alpha value is -8.76. The second-order valence-corrected chi connectivity index (χ2v) is 17.2. The van der Waals surface area contributed by atoms with E-state index >= 15 is 0 Å². The summed E-state index contributed by atoms with van der Waals surface area (Å²) in [5.74, 6) is 3.31. The second-order valence-electron chi connectivity index (χ2n) is 17.2. The Bertz CT molecular complexity index is 3140. The number of ketones is 1. The molecule has 0 aromatic heterocycles. The summed E-state index contributed by atoms with van der Waals surface area (Å²) in [5.41, 5.74) is 8.50. The maximum atomic E-state index is 13.2. The van der Waals surface area contributed by atoms with Crippen LogP contribution in [0.25, 0.3) is 0 Å². The van der Waals surface area contributed by atoms with Gasteiger partial charge in [0.15, 0.2) is 5.78 Å². The predicted octanol–water partition coefficient (Wildman–Crippen LogP) is 13.4. The van der Waals surface area contributed by atoms with Gasteiger partial charge in [0, 0.05) is 11.5 Å². The van der Waals surface area contributed by atoms with Gasteiger partial charge in [-0.05, 0) is 181 Å². The molecule has 10 nitrogen and oxygen atoms in total. The molecule has 0 fully saturated rings. The SMILES string of the molecule is COc1ccc(Cc2ccc(OC(=O)Cc3ccc(Oc4ccc(C(=O)Oc5ccc(C(C)c6ccc(OC(=O)Cc7ccc(Oc8ccc(C(C)=O)cc8)cc7)c(C)c6)cc5C)cc4)cc3)cc2)cc1. The van der Waals surface area contributed by atoms with Gasteiger partial charge in [0.05, 0.1) is 25.5 Å². The molecule has 0 amide bonds. The lowest BCUT2D eigenvalue weighted by Crippen LogP contribution is -2.12. The Morgan fingerprint density at radius 1 is 0.423 bits per heavy atom. The molecule has 0 aliphatic carbocycles. The van der Waals surface area contributed by atoms with Crippen LogP contribution >= 0.6 is 0 Å². The van der Waals surface area contributed by atoms with Crippen LogP contribution in [-0.4, -0.2) is 30.8 Å². The minimum atomic E-state index is -0.498. The highest BCUT2D eigenvalue weighted by Gasteiger charge is 2.17. The van der Waals surface area contributed by atoms with Gasteiger partial charge >= 0.3 is 17.9 Å². The van der Waals surface area contributed by atoms with Crippen molar-refractivity contribution in [3.8, 4) is 46.0 Å². The summed E-state index contributed by atoms with van der Waals surface area (Å²) in [5, 5.41) is 0. The Kier molecular flexibility index (Phi) is 15.5. The van der Waals surface area contributed by atoms with Crippen LogP contribution in [-0.2, 0) is 28.9 Å². The average molecular weight is 945 g/mol. The fraction of sp³-hybridized carbons (Fsp3) is 0.148. The van der Waals surface area contributed by atoms with Crippen LogP contribution in [0, 0.1) is 13.8 Å². The number of hydrogen-bond donors (Lipinski definition) is 0. The van der Waals surface area contributed by atoms with Crippen LogP contribution in [0.4, 0.5) is 0 Å². The molecule has 1 atom stereocenters. The Morgan fingerprint density at radius 3 is 1.24 bits per heavy atom. The molecule has 0 radical (unpaired) electrons. The average Bonchev–Trinajstić information content (AvgIpc) is 3.37. The predicted molar refractivity (Wildman–Crippen MR) is 272 cm³/mol.